The van der Waals surface area contributed by atoms with E-state index < -0.39 is 47.9 Å². The molecule has 2 fully saturated rings. The summed E-state index contributed by atoms with van der Waals surface area (Å²) >= 11 is 0. The summed E-state index contributed by atoms with van der Waals surface area (Å²) in [4.78, 5) is 57.2. The second-order valence-electron chi connectivity index (χ2n) is 12.6. The molecule has 50 heavy (non-hydrogen) atoms. The Balaban J connectivity index is 1.31. The molecule has 4 amide bonds. The fraction of sp³-hybridized carbons (Fsp3) is 0.268. The van der Waals surface area contributed by atoms with Gasteiger partial charge in [0.25, 0.3) is 0 Å². The molecule has 0 spiro atoms. The van der Waals surface area contributed by atoms with Crippen molar-refractivity contribution in [3.63, 3.8) is 0 Å². The summed E-state index contributed by atoms with van der Waals surface area (Å²) in [6.07, 6.45) is 3.50. The lowest BCUT2D eigenvalue weighted by Crippen LogP contribution is -2.44. The van der Waals surface area contributed by atoms with Crippen LogP contribution in [-0.4, -0.2) is 66.2 Å². The fourth-order valence-corrected chi connectivity index (χ4v) is 6.52. The fourth-order valence-electron chi connectivity index (χ4n) is 6.52. The van der Waals surface area contributed by atoms with E-state index in [0.717, 1.165) is 22.3 Å². The lowest BCUT2D eigenvalue weighted by Gasteiger charge is -2.25. The number of imide groups is 2. The van der Waals surface area contributed by atoms with Crippen LogP contribution in [0.3, 0.4) is 0 Å². The third kappa shape index (κ3) is 8.29. The Morgan fingerprint density at radius 3 is 1.40 bits per heavy atom. The Morgan fingerprint density at radius 1 is 0.620 bits per heavy atom. The van der Waals surface area contributed by atoms with Gasteiger partial charge in [0, 0.05) is 0 Å². The average molecular weight is 673 g/mol. The predicted molar refractivity (Wildman–Crippen MR) is 187 cm³/mol. The largest absolute Gasteiger partial charge is 0.497 e. The van der Waals surface area contributed by atoms with E-state index in [-0.39, 0.29) is 19.6 Å². The maximum atomic E-state index is 14.4. The van der Waals surface area contributed by atoms with Crippen molar-refractivity contribution in [2.24, 2.45) is 11.8 Å². The molecular weight excluding hydrogens is 632 g/mol. The lowest BCUT2D eigenvalue weighted by atomic mass is 9.91. The topological polar surface area (TPSA) is 102 Å². The number of carbonyl (C=O) groups excluding carboxylic acids is 4. The number of hydrogen-bond donors (Lipinski definition) is 0. The lowest BCUT2D eigenvalue weighted by molar-refractivity contribution is -0.133. The number of ether oxygens (including phenoxy) is 3. The van der Waals surface area contributed by atoms with Gasteiger partial charge in [-0.05, 0) is 60.1 Å². The molecule has 0 aliphatic carbocycles. The van der Waals surface area contributed by atoms with Gasteiger partial charge in [0.1, 0.15) is 19.0 Å². The standard InChI is InChI=1S/C41H40N2O7/c1-48-37-21-17-32(18-22-37)24-34(39(45)43-36(28-50-41(43)47)26-31-15-9-4-10-16-31)20-19-33(23-29-11-5-2-6-12-29)38(44)42-35(27-49-40(42)46)25-30-13-7-3-8-14-30/h2-22,33-36H,23-28H2,1H3/t33-,34-,35+,36+/m1/s1. The highest BCUT2D eigenvalue weighted by molar-refractivity contribution is 5.97. The van der Waals surface area contributed by atoms with Crippen LogP contribution >= 0.6 is 0 Å². The van der Waals surface area contributed by atoms with Gasteiger partial charge in [-0.25, -0.2) is 19.4 Å². The van der Waals surface area contributed by atoms with Crippen LogP contribution in [0.2, 0.25) is 0 Å². The van der Waals surface area contributed by atoms with Gasteiger partial charge in [-0.1, -0.05) is 115 Å². The van der Waals surface area contributed by atoms with E-state index in [9.17, 15) is 19.2 Å². The number of carbonyl (C=O) groups is 4. The zero-order valence-corrected chi connectivity index (χ0v) is 27.9. The Kier molecular flexibility index (Phi) is 11.0. The number of nitrogens with zero attached hydrogens (tertiary/aromatic N) is 2. The van der Waals surface area contributed by atoms with Crippen molar-refractivity contribution in [2.75, 3.05) is 20.3 Å². The summed E-state index contributed by atoms with van der Waals surface area (Å²) in [5.41, 5.74) is 3.70. The van der Waals surface area contributed by atoms with Crippen LogP contribution in [0, 0.1) is 11.8 Å². The SMILES string of the molecule is COc1ccc(C[C@@H](C=C[C@H](Cc2ccccc2)C(=O)N2C(=O)OC[C@@H]2Cc2ccccc2)C(=O)N2C(=O)OC[C@@H]2Cc2ccccc2)cc1. The zero-order chi connectivity index (χ0) is 34.9. The second kappa shape index (κ2) is 16.1. The third-order valence-electron chi connectivity index (χ3n) is 9.15. The van der Waals surface area contributed by atoms with Crippen LogP contribution in [0.15, 0.2) is 127 Å². The van der Waals surface area contributed by atoms with Gasteiger partial charge in [-0.15, -0.1) is 0 Å². The first-order valence-electron chi connectivity index (χ1n) is 16.8. The maximum absolute atomic E-state index is 14.4. The van der Waals surface area contributed by atoms with E-state index in [0.29, 0.717) is 25.0 Å². The molecule has 2 aliphatic heterocycles. The number of amides is 4. The minimum absolute atomic E-state index is 0.0907. The van der Waals surface area contributed by atoms with Crippen molar-refractivity contribution < 1.29 is 33.4 Å². The maximum Gasteiger partial charge on any atom is 0.417 e. The van der Waals surface area contributed by atoms with Crippen LogP contribution in [0.25, 0.3) is 0 Å². The molecule has 0 N–H and O–H groups in total. The van der Waals surface area contributed by atoms with Crippen molar-refractivity contribution in [2.45, 2.75) is 37.8 Å². The molecule has 4 aromatic carbocycles. The van der Waals surface area contributed by atoms with Gasteiger partial charge in [0.2, 0.25) is 11.8 Å². The molecule has 4 aromatic rings. The Hall–Kier alpha value is -5.70. The Labute approximate surface area is 292 Å². The number of benzene rings is 4. The van der Waals surface area contributed by atoms with Gasteiger partial charge >= 0.3 is 12.2 Å². The molecule has 9 nitrogen and oxygen atoms in total. The molecule has 4 atom stereocenters. The number of rotatable bonds is 13. The monoisotopic (exact) mass is 672 g/mol. The average Bonchev–Trinajstić information content (AvgIpc) is 3.70. The summed E-state index contributed by atoms with van der Waals surface area (Å²) in [6.45, 7) is 0.188. The van der Waals surface area contributed by atoms with Crippen molar-refractivity contribution in [3.05, 3.63) is 150 Å². The van der Waals surface area contributed by atoms with E-state index in [1.54, 1.807) is 19.3 Å². The van der Waals surface area contributed by atoms with E-state index in [4.69, 9.17) is 14.2 Å². The molecule has 9 heteroatoms. The first-order valence-corrected chi connectivity index (χ1v) is 16.8. The van der Waals surface area contributed by atoms with Gasteiger partial charge < -0.3 is 14.2 Å². The Bertz CT molecular complexity index is 1800. The molecule has 2 aliphatic rings. The second-order valence-corrected chi connectivity index (χ2v) is 12.6. The minimum Gasteiger partial charge on any atom is -0.497 e. The van der Waals surface area contributed by atoms with Crippen LogP contribution in [0.5, 0.6) is 5.75 Å². The molecule has 256 valence electrons. The first kappa shape index (κ1) is 34.2. The number of hydrogen-bond acceptors (Lipinski definition) is 7. The molecule has 2 heterocycles. The highest BCUT2D eigenvalue weighted by Crippen LogP contribution is 2.27. The van der Waals surface area contributed by atoms with Crippen molar-refractivity contribution in [1.82, 2.24) is 9.80 Å². The van der Waals surface area contributed by atoms with Gasteiger partial charge in [0.05, 0.1) is 31.0 Å². The summed E-state index contributed by atoms with van der Waals surface area (Å²) < 4.78 is 16.1. The zero-order valence-electron chi connectivity index (χ0n) is 27.9. The van der Waals surface area contributed by atoms with E-state index >= 15 is 0 Å². The molecule has 6 rings (SSSR count). The van der Waals surface area contributed by atoms with E-state index in [1.807, 2.05) is 115 Å². The van der Waals surface area contributed by atoms with Crippen LogP contribution in [-0.2, 0) is 44.7 Å². The van der Waals surface area contributed by atoms with Gasteiger partial charge in [-0.3, -0.25) is 9.59 Å². The summed E-state index contributed by atoms with van der Waals surface area (Å²) in [5, 5.41) is 0. The third-order valence-corrected chi connectivity index (χ3v) is 9.15. The van der Waals surface area contributed by atoms with Gasteiger partial charge in [-0.2, -0.15) is 0 Å². The Morgan fingerprint density at radius 2 is 1.00 bits per heavy atom. The predicted octanol–water partition coefficient (Wildman–Crippen LogP) is 6.45. The number of methoxy groups -OCH3 is 1. The highest BCUT2D eigenvalue weighted by Gasteiger charge is 2.42. The molecule has 0 saturated carbocycles. The van der Waals surface area contributed by atoms with E-state index in [2.05, 4.69) is 0 Å². The smallest absolute Gasteiger partial charge is 0.417 e. The van der Waals surface area contributed by atoms with Crippen LogP contribution in [0.4, 0.5) is 9.59 Å². The quantitative estimate of drug-likeness (QED) is 0.151. The first-order chi connectivity index (χ1) is 24.4. The summed E-state index contributed by atoms with van der Waals surface area (Å²) in [5.74, 6) is -1.77. The normalized spacial score (nSPS) is 18.5. The molecular formula is C41H40N2O7. The number of cyclic esters (lactones) is 2. The van der Waals surface area contributed by atoms with Crippen LogP contribution in [0.1, 0.15) is 22.3 Å². The van der Waals surface area contributed by atoms with Gasteiger partial charge in [0.15, 0.2) is 0 Å². The molecule has 0 aromatic heterocycles. The molecule has 0 bridgehead atoms. The van der Waals surface area contributed by atoms with Crippen molar-refractivity contribution >= 4 is 24.0 Å². The minimum atomic E-state index is -0.816. The van der Waals surface area contributed by atoms with Crippen LogP contribution < -0.4 is 4.74 Å². The highest BCUT2D eigenvalue weighted by atomic mass is 16.6. The molecule has 0 radical (unpaired) electrons. The molecule has 0 unspecified atom stereocenters. The molecule has 2 saturated heterocycles. The van der Waals surface area contributed by atoms with E-state index in [1.165, 1.54) is 9.80 Å². The summed E-state index contributed by atoms with van der Waals surface area (Å²) in [7, 11) is 1.58. The van der Waals surface area contributed by atoms with Crippen molar-refractivity contribution in [1.29, 1.82) is 0 Å². The van der Waals surface area contributed by atoms with Crippen molar-refractivity contribution in [3.8, 4) is 5.75 Å². The summed E-state index contributed by atoms with van der Waals surface area (Å²) in [6, 6.07) is 35.3.